The van der Waals surface area contributed by atoms with Gasteiger partial charge in [-0.15, -0.1) is 0 Å². The number of carbonyl (C=O) groups excluding carboxylic acids is 1. The van der Waals surface area contributed by atoms with Crippen molar-refractivity contribution in [3.8, 4) is 0 Å². The average Bonchev–Trinajstić information content (AvgIpc) is 2.38. The van der Waals surface area contributed by atoms with E-state index < -0.39 is 0 Å². The molecule has 0 spiro atoms. The van der Waals surface area contributed by atoms with Crippen LogP contribution in [0.3, 0.4) is 0 Å². The summed E-state index contributed by atoms with van der Waals surface area (Å²) in [5, 5.41) is 7.01. The minimum Gasteiger partial charge on any atom is -0.360 e. The topological polar surface area (TPSA) is 44.4 Å². The molecule has 0 aromatic heterocycles. The third kappa shape index (κ3) is 4.12. The van der Waals surface area contributed by atoms with Gasteiger partial charge in [0.25, 0.3) is 0 Å². The molecule has 20 heavy (non-hydrogen) atoms. The molecule has 4 nitrogen and oxygen atoms in total. The summed E-state index contributed by atoms with van der Waals surface area (Å²) in [6.07, 6.45) is 0. The van der Waals surface area contributed by atoms with Crippen LogP contribution in [0.4, 0.5) is 5.69 Å². The van der Waals surface area contributed by atoms with E-state index in [1.54, 1.807) is 0 Å². The van der Waals surface area contributed by atoms with Gasteiger partial charge >= 0.3 is 0 Å². The zero-order valence-corrected chi connectivity index (χ0v) is 12.8. The van der Waals surface area contributed by atoms with Crippen molar-refractivity contribution < 1.29 is 4.79 Å². The maximum absolute atomic E-state index is 11.5. The van der Waals surface area contributed by atoms with Gasteiger partial charge in [0, 0.05) is 30.3 Å². The Morgan fingerprint density at radius 1 is 1.45 bits per heavy atom. The Hall–Kier alpha value is -1.26. The smallest absolute Gasteiger partial charge is 0.239 e. The Kier molecular flexibility index (Phi) is 5.26. The van der Waals surface area contributed by atoms with Gasteiger partial charge in [-0.05, 0) is 36.2 Å². The molecule has 0 unspecified atom stereocenters. The second kappa shape index (κ2) is 6.95. The maximum atomic E-state index is 11.5. The molecule has 0 aliphatic carbocycles. The van der Waals surface area contributed by atoms with Crippen molar-refractivity contribution in [2.45, 2.75) is 20.4 Å². The molecule has 0 radical (unpaired) electrons. The van der Waals surface area contributed by atoms with Crippen LogP contribution in [-0.4, -0.2) is 32.1 Å². The van der Waals surface area contributed by atoms with E-state index in [0.29, 0.717) is 19.0 Å². The predicted molar refractivity (Wildman–Crippen MR) is 83.2 cm³/mol. The Balaban J connectivity index is 2.12. The first kappa shape index (κ1) is 15.1. The van der Waals surface area contributed by atoms with Gasteiger partial charge in [0.1, 0.15) is 0 Å². The molecular formula is C15H22ClN3O. The predicted octanol–water partition coefficient (Wildman–Crippen LogP) is 2.02. The number of halogens is 1. The highest BCUT2D eigenvalue weighted by molar-refractivity contribution is 6.30. The van der Waals surface area contributed by atoms with Crippen molar-refractivity contribution in [3.05, 3.63) is 28.8 Å². The first-order valence-corrected chi connectivity index (χ1v) is 7.45. The molecule has 1 aromatic rings. The molecule has 0 saturated carbocycles. The number of anilines is 1. The van der Waals surface area contributed by atoms with Gasteiger partial charge in [0.05, 0.1) is 6.54 Å². The molecule has 1 amide bonds. The second-order valence-electron chi connectivity index (χ2n) is 5.57. The van der Waals surface area contributed by atoms with E-state index in [9.17, 15) is 4.79 Å². The van der Waals surface area contributed by atoms with Gasteiger partial charge in [-0.3, -0.25) is 4.79 Å². The molecular weight excluding hydrogens is 274 g/mol. The van der Waals surface area contributed by atoms with Crippen LogP contribution in [0.5, 0.6) is 0 Å². The van der Waals surface area contributed by atoms with Crippen LogP contribution in [0.15, 0.2) is 18.2 Å². The minimum atomic E-state index is 0.0762. The largest absolute Gasteiger partial charge is 0.360 e. The fraction of sp³-hybridized carbons (Fsp3) is 0.533. The fourth-order valence-corrected chi connectivity index (χ4v) is 2.54. The van der Waals surface area contributed by atoms with Gasteiger partial charge in [-0.25, -0.2) is 0 Å². The van der Waals surface area contributed by atoms with Gasteiger partial charge in [0.2, 0.25) is 5.91 Å². The first-order chi connectivity index (χ1) is 9.56. The SMILES string of the molecule is CC(C)CNCc1cc(Cl)ccc1N1CCNC(=O)C1. The molecule has 0 atom stereocenters. The van der Waals surface area contributed by atoms with E-state index >= 15 is 0 Å². The van der Waals surface area contributed by atoms with E-state index in [0.717, 1.165) is 35.9 Å². The normalized spacial score (nSPS) is 15.6. The zero-order chi connectivity index (χ0) is 14.5. The van der Waals surface area contributed by atoms with Crippen molar-refractivity contribution >= 4 is 23.2 Å². The quantitative estimate of drug-likeness (QED) is 0.873. The van der Waals surface area contributed by atoms with Crippen LogP contribution < -0.4 is 15.5 Å². The third-order valence-corrected chi connectivity index (χ3v) is 3.52. The lowest BCUT2D eigenvalue weighted by atomic mass is 10.1. The number of rotatable bonds is 5. The summed E-state index contributed by atoms with van der Waals surface area (Å²) in [5.74, 6) is 0.686. The summed E-state index contributed by atoms with van der Waals surface area (Å²) in [5.41, 5.74) is 2.24. The van der Waals surface area contributed by atoms with Crippen LogP contribution in [0.1, 0.15) is 19.4 Å². The fourth-order valence-electron chi connectivity index (χ4n) is 2.34. The van der Waals surface area contributed by atoms with Crippen molar-refractivity contribution in [2.75, 3.05) is 31.1 Å². The Morgan fingerprint density at radius 3 is 2.95 bits per heavy atom. The third-order valence-electron chi connectivity index (χ3n) is 3.29. The summed E-state index contributed by atoms with van der Waals surface area (Å²) in [4.78, 5) is 13.6. The summed E-state index contributed by atoms with van der Waals surface area (Å²) < 4.78 is 0. The summed E-state index contributed by atoms with van der Waals surface area (Å²) in [6, 6.07) is 5.87. The summed E-state index contributed by atoms with van der Waals surface area (Å²) in [6.45, 7) is 8.05. The molecule has 1 aliphatic heterocycles. The van der Waals surface area contributed by atoms with E-state index in [-0.39, 0.29) is 5.91 Å². The molecule has 110 valence electrons. The number of nitrogens with one attached hydrogen (secondary N) is 2. The molecule has 2 N–H and O–H groups in total. The number of amides is 1. The monoisotopic (exact) mass is 295 g/mol. The average molecular weight is 296 g/mol. The van der Waals surface area contributed by atoms with Crippen LogP contribution in [0.2, 0.25) is 5.02 Å². The molecule has 1 aliphatic rings. The maximum Gasteiger partial charge on any atom is 0.239 e. The number of nitrogens with zero attached hydrogens (tertiary/aromatic N) is 1. The minimum absolute atomic E-state index is 0.0762. The first-order valence-electron chi connectivity index (χ1n) is 7.07. The number of piperazine rings is 1. The number of carbonyl (C=O) groups is 1. The highest BCUT2D eigenvalue weighted by Gasteiger charge is 2.18. The van der Waals surface area contributed by atoms with E-state index in [4.69, 9.17) is 11.6 Å². The highest BCUT2D eigenvalue weighted by Crippen LogP contribution is 2.25. The summed E-state index contributed by atoms with van der Waals surface area (Å²) in [7, 11) is 0. The molecule has 0 bridgehead atoms. The summed E-state index contributed by atoms with van der Waals surface area (Å²) >= 11 is 6.10. The van der Waals surface area contributed by atoms with E-state index in [1.165, 1.54) is 0 Å². The van der Waals surface area contributed by atoms with Crippen LogP contribution in [0.25, 0.3) is 0 Å². The lowest BCUT2D eigenvalue weighted by Crippen LogP contribution is -2.48. The lowest BCUT2D eigenvalue weighted by molar-refractivity contribution is -0.120. The Bertz CT molecular complexity index is 476. The van der Waals surface area contributed by atoms with Crippen molar-refractivity contribution in [2.24, 2.45) is 5.92 Å². The van der Waals surface area contributed by atoms with Gasteiger partial charge in [-0.1, -0.05) is 25.4 Å². The van der Waals surface area contributed by atoms with Crippen molar-refractivity contribution in [3.63, 3.8) is 0 Å². The Morgan fingerprint density at radius 2 is 2.25 bits per heavy atom. The molecule has 1 aromatic carbocycles. The molecule has 1 heterocycles. The van der Waals surface area contributed by atoms with E-state index in [1.807, 2.05) is 18.2 Å². The van der Waals surface area contributed by atoms with Crippen LogP contribution in [0, 0.1) is 5.92 Å². The molecule has 2 rings (SSSR count). The highest BCUT2D eigenvalue weighted by atomic mass is 35.5. The van der Waals surface area contributed by atoms with Gasteiger partial charge in [-0.2, -0.15) is 0 Å². The van der Waals surface area contributed by atoms with Crippen LogP contribution in [-0.2, 0) is 11.3 Å². The standard InChI is InChI=1S/C15H22ClN3O/c1-11(2)8-17-9-12-7-13(16)3-4-14(12)19-6-5-18-15(20)10-19/h3-4,7,11,17H,5-6,8-10H2,1-2H3,(H,18,20). The number of hydrogen-bond acceptors (Lipinski definition) is 3. The molecule has 1 saturated heterocycles. The lowest BCUT2D eigenvalue weighted by Gasteiger charge is -2.30. The second-order valence-corrected chi connectivity index (χ2v) is 6.01. The molecule has 1 fully saturated rings. The van der Waals surface area contributed by atoms with Crippen LogP contribution >= 0.6 is 11.6 Å². The van der Waals surface area contributed by atoms with Gasteiger partial charge < -0.3 is 15.5 Å². The van der Waals surface area contributed by atoms with E-state index in [2.05, 4.69) is 29.4 Å². The van der Waals surface area contributed by atoms with Crippen molar-refractivity contribution in [1.29, 1.82) is 0 Å². The zero-order valence-electron chi connectivity index (χ0n) is 12.1. The molecule has 5 heteroatoms. The van der Waals surface area contributed by atoms with Crippen molar-refractivity contribution in [1.82, 2.24) is 10.6 Å². The van der Waals surface area contributed by atoms with Gasteiger partial charge in [0.15, 0.2) is 0 Å². The Labute approximate surface area is 125 Å². The number of hydrogen-bond donors (Lipinski definition) is 2. The number of benzene rings is 1.